The molecule has 0 radical (unpaired) electrons. The molecule has 2 rings (SSSR count). The van der Waals surface area contributed by atoms with Crippen LogP contribution in [-0.4, -0.2) is 29.2 Å². The van der Waals surface area contributed by atoms with Gasteiger partial charge in [0.15, 0.2) is 0 Å². The van der Waals surface area contributed by atoms with Crippen LogP contribution < -0.4 is 4.90 Å². The summed E-state index contributed by atoms with van der Waals surface area (Å²) >= 11 is 0. The number of para-hydroxylation sites is 1. The molecule has 0 aliphatic heterocycles. The van der Waals surface area contributed by atoms with Crippen LogP contribution in [0, 0.1) is 0 Å². The van der Waals surface area contributed by atoms with Crippen molar-refractivity contribution < 1.29 is 9.90 Å². The van der Waals surface area contributed by atoms with Crippen molar-refractivity contribution >= 4 is 35.1 Å². The third-order valence-electron chi connectivity index (χ3n) is 2.69. The van der Waals surface area contributed by atoms with Crippen LogP contribution in [0.3, 0.4) is 0 Å². The number of anilines is 1. The van der Waals surface area contributed by atoms with Crippen LogP contribution in [0.2, 0.25) is 0 Å². The topological polar surface area (TPSA) is 45.5 Å². The molecule has 0 aliphatic carbocycles. The highest BCUT2D eigenvalue weighted by molar-refractivity contribution is 5.86. The van der Waals surface area contributed by atoms with E-state index in [0.29, 0.717) is 0 Å². The Bertz CT molecular complexity index is 536. The Balaban J connectivity index is 0.00000144. The fraction of sp³-hybridized carbons (Fsp3) is 0.250. The highest BCUT2D eigenvalue weighted by atomic mass is 35.5. The van der Waals surface area contributed by atoms with Crippen molar-refractivity contribution in [1.82, 2.24) is 4.57 Å². The van der Waals surface area contributed by atoms with Gasteiger partial charge in [-0.1, -0.05) is 18.2 Å². The summed E-state index contributed by atoms with van der Waals surface area (Å²) in [6.45, 7) is 0.00413. The quantitative estimate of drug-likeness (QED) is 0.913. The van der Waals surface area contributed by atoms with Crippen LogP contribution >= 0.6 is 12.4 Å². The minimum atomic E-state index is -0.826. The van der Waals surface area contributed by atoms with Gasteiger partial charge >= 0.3 is 5.97 Å². The lowest BCUT2D eigenvalue weighted by Gasteiger charge is -2.17. The molecule has 4 nitrogen and oxygen atoms in total. The molecule has 17 heavy (non-hydrogen) atoms. The van der Waals surface area contributed by atoms with Crippen LogP contribution in [0.1, 0.15) is 0 Å². The summed E-state index contributed by atoms with van der Waals surface area (Å²) < 4.78 is 2.00. The predicted molar refractivity (Wildman–Crippen MR) is 71.1 cm³/mol. The van der Waals surface area contributed by atoms with Crippen molar-refractivity contribution in [3.8, 4) is 0 Å². The van der Waals surface area contributed by atoms with Gasteiger partial charge in [-0.25, -0.2) is 0 Å². The summed E-state index contributed by atoms with van der Waals surface area (Å²) in [5.74, 6) is 0.0800. The summed E-state index contributed by atoms with van der Waals surface area (Å²) in [5, 5.41) is 9.88. The van der Waals surface area contributed by atoms with Crippen LogP contribution in [0.5, 0.6) is 0 Å². The van der Waals surface area contributed by atoms with Crippen molar-refractivity contribution in [1.29, 1.82) is 0 Å². The number of benzene rings is 1. The van der Waals surface area contributed by atoms with Crippen molar-refractivity contribution in [2.75, 3.05) is 18.5 Å². The zero-order valence-electron chi connectivity index (χ0n) is 9.75. The molecule has 5 heteroatoms. The molecule has 92 valence electrons. The second-order valence-electron chi connectivity index (χ2n) is 3.87. The van der Waals surface area contributed by atoms with E-state index in [1.54, 1.807) is 11.9 Å². The minimum absolute atomic E-state index is 0. The number of carbonyl (C=O) groups is 1. The average Bonchev–Trinajstić information content (AvgIpc) is 2.56. The van der Waals surface area contributed by atoms with Gasteiger partial charge in [0.1, 0.15) is 12.4 Å². The summed E-state index contributed by atoms with van der Waals surface area (Å²) in [4.78, 5) is 12.4. The first kappa shape index (κ1) is 13.4. The largest absolute Gasteiger partial charge is 0.480 e. The molecular formula is C12H15ClN2O2. The first-order valence-corrected chi connectivity index (χ1v) is 5.07. The normalized spacial score (nSPS) is 10.0. The van der Waals surface area contributed by atoms with Gasteiger partial charge in [0.2, 0.25) is 0 Å². The molecule has 0 amide bonds. The van der Waals surface area contributed by atoms with Crippen LogP contribution in [0.15, 0.2) is 30.3 Å². The highest BCUT2D eigenvalue weighted by Crippen LogP contribution is 2.24. The lowest BCUT2D eigenvalue weighted by atomic mass is 10.2. The molecule has 0 spiro atoms. The van der Waals surface area contributed by atoms with Gasteiger partial charge in [0.25, 0.3) is 0 Å². The van der Waals surface area contributed by atoms with Crippen molar-refractivity contribution in [3.05, 3.63) is 30.3 Å². The van der Waals surface area contributed by atoms with Gasteiger partial charge in [0.05, 0.1) is 0 Å². The summed E-state index contributed by atoms with van der Waals surface area (Å²) in [6, 6.07) is 9.99. The van der Waals surface area contributed by atoms with E-state index in [4.69, 9.17) is 5.11 Å². The standard InChI is InChI=1S/C12H14N2O2.ClH/c1-13(8-12(15)16)11-7-9-5-3-4-6-10(9)14(11)2;/h3-7H,8H2,1-2H3,(H,15,16);1H. The molecule has 0 fully saturated rings. The molecule has 1 N–H and O–H groups in total. The van der Waals surface area contributed by atoms with Crippen LogP contribution in [0.25, 0.3) is 10.9 Å². The number of aryl methyl sites for hydroxylation is 1. The Morgan fingerprint density at radius 3 is 2.65 bits per heavy atom. The monoisotopic (exact) mass is 254 g/mol. The molecule has 1 aromatic heterocycles. The summed E-state index contributed by atoms with van der Waals surface area (Å²) in [7, 11) is 3.72. The van der Waals surface area contributed by atoms with Gasteiger partial charge in [-0.05, 0) is 12.1 Å². The molecule has 0 aliphatic rings. The van der Waals surface area contributed by atoms with E-state index >= 15 is 0 Å². The molecule has 0 atom stereocenters. The minimum Gasteiger partial charge on any atom is -0.480 e. The Hall–Kier alpha value is -1.68. The van der Waals surface area contributed by atoms with E-state index < -0.39 is 5.97 Å². The summed E-state index contributed by atoms with van der Waals surface area (Å²) in [6.07, 6.45) is 0. The number of carboxylic acids is 1. The van der Waals surface area contributed by atoms with Gasteiger partial charge in [-0.3, -0.25) is 4.79 Å². The average molecular weight is 255 g/mol. The van der Waals surface area contributed by atoms with Crippen molar-refractivity contribution in [2.45, 2.75) is 0 Å². The first-order chi connectivity index (χ1) is 7.59. The maximum atomic E-state index is 10.7. The lowest BCUT2D eigenvalue weighted by molar-refractivity contribution is -0.135. The highest BCUT2D eigenvalue weighted by Gasteiger charge is 2.11. The fourth-order valence-electron chi connectivity index (χ4n) is 1.92. The maximum absolute atomic E-state index is 10.7. The SMILES string of the molecule is CN(CC(=O)O)c1cc2ccccc2n1C.Cl. The van der Waals surface area contributed by atoms with Gasteiger partial charge in [-0.2, -0.15) is 0 Å². The zero-order chi connectivity index (χ0) is 11.7. The predicted octanol–water partition coefficient (Wildman–Crippen LogP) is 2.12. The Labute approximate surface area is 106 Å². The van der Waals surface area contributed by atoms with E-state index in [2.05, 4.69) is 0 Å². The molecule has 0 saturated heterocycles. The number of halogens is 1. The molecule has 2 aromatic rings. The summed E-state index contributed by atoms with van der Waals surface area (Å²) in [5.41, 5.74) is 1.11. The van der Waals surface area contributed by atoms with Crippen LogP contribution in [0.4, 0.5) is 5.82 Å². The number of aromatic nitrogens is 1. The third kappa shape index (κ3) is 2.53. The number of aliphatic carboxylic acids is 1. The number of rotatable bonds is 3. The second-order valence-corrected chi connectivity index (χ2v) is 3.87. The molecule has 0 bridgehead atoms. The molecule has 1 aromatic carbocycles. The van der Waals surface area contributed by atoms with Gasteiger partial charge in [-0.15, -0.1) is 12.4 Å². The number of fused-ring (bicyclic) bond motifs is 1. The van der Waals surface area contributed by atoms with Gasteiger partial charge < -0.3 is 14.6 Å². The van der Waals surface area contributed by atoms with E-state index in [1.165, 1.54) is 0 Å². The fourth-order valence-corrected chi connectivity index (χ4v) is 1.92. The van der Waals surface area contributed by atoms with E-state index in [9.17, 15) is 4.79 Å². The number of hydrogen-bond donors (Lipinski definition) is 1. The van der Waals surface area contributed by atoms with Crippen molar-refractivity contribution in [3.63, 3.8) is 0 Å². The first-order valence-electron chi connectivity index (χ1n) is 5.07. The Morgan fingerprint density at radius 1 is 1.41 bits per heavy atom. The second kappa shape index (κ2) is 5.10. The van der Waals surface area contributed by atoms with Crippen LogP contribution in [-0.2, 0) is 11.8 Å². The van der Waals surface area contributed by atoms with E-state index in [0.717, 1.165) is 16.7 Å². The molecular weight excluding hydrogens is 240 g/mol. The molecule has 0 unspecified atom stereocenters. The smallest absolute Gasteiger partial charge is 0.323 e. The van der Waals surface area contributed by atoms with Gasteiger partial charge in [0, 0.05) is 25.0 Å². The number of nitrogens with zero attached hydrogens (tertiary/aromatic N) is 2. The number of hydrogen-bond acceptors (Lipinski definition) is 2. The Kier molecular flexibility index (Phi) is 4.02. The van der Waals surface area contributed by atoms with E-state index in [1.807, 2.05) is 41.9 Å². The van der Waals surface area contributed by atoms with E-state index in [-0.39, 0.29) is 19.0 Å². The Morgan fingerprint density at radius 2 is 2.06 bits per heavy atom. The molecule has 1 heterocycles. The van der Waals surface area contributed by atoms with Crippen molar-refractivity contribution in [2.24, 2.45) is 7.05 Å². The zero-order valence-corrected chi connectivity index (χ0v) is 10.6. The third-order valence-corrected chi connectivity index (χ3v) is 2.69. The number of carboxylic acid groups (broad SMARTS) is 1. The lowest BCUT2D eigenvalue weighted by Crippen LogP contribution is -2.26. The molecule has 0 saturated carbocycles. The number of likely N-dealkylation sites (N-methyl/N-ethyl adjacent to an activating group) is 1. The maximum Gasteiger partial charge on any atom is 0.323 e.